The number of ether oxygens (including phenoxy) is 1. The summed E-state index contributed by atoms with van der Waals surface area (Å²) in [6.45, 7) is 3.88. The van der Waals surface area contributed by atoms with Gasteiger partial charge in [0.1, 0.15) is 11.6 Å². The van der Waals surface area contributed by atoms with Gasteiger partial charge in [-0.3, -0.25) is 9.78 Å². The topological polar surface area (TPSA) is 71.4 Å². The van der Waals surface area contributed by atoms with Crippen molar-refractivity contribution in [3.05, 3.63) is 138 Å². The van der Waals surface area contributed by atoms with Crippen molar-refractivity contribution in [2.24, 2.45) is 0 Å². The van der Waals surface area contributed by atoms with E-state index in [1.807, 2.05) is 85.1 Å². The summed E-state index contributed by atoms with van der Waals surface area (Å²) in [6, 6.07) is 30.9. The van der Waals surface area contributed by atoms with Crippen LogP contribution < -0.4 is 20.3 Å². The summed E-state index contributed by atoms with van der Waals surface area (Å²) in [5, 5.41) is 6.91. The van der Waals surface area contributed by atoms with Crippen LogP contribution in [0.1, 0.15) is 34.7 Å². The number of anilines is 2. The molecule has 1 amide bonds. The van der Waals surface area contributed by atoms with Crippen LogP contribution in [0.15, 0.2) is 109 Å². The lowest BCUT2D eigenvalue weighted by atomic mass is 9.96. The Kier molecular flexibility index (Phi) is 7.89. The summed E-state index contributed by atoms with van der Waals surface area (Å²) in [5.41, 5.74) is 5.64. The lowest BCUT2D eigenvalue weighted by molar-refractivity contribution is -0.118. The minimum atomic E-state index is -0.291. The van der Waals surface area contributed by atoms with E-state index in [0.29, 0.717) is 22.2 Å². The average Bonchev–Trinajstić information content (AvgIpc) is 3.52. The van der Waals surface area contributed by atoms with E-state index in [1.54, 1.807) is 30.5 Å². The van der Waals surface area contributed by atoms with E-state index >= 15 is 0 Å². The first-order valence-corrected chi connectivity index (χ1v) is 14.3. The molecule has 2 atom stereocenters. The molecule has 3 aromatic carbocycles. The lowest BCUT2D eigenvalue weighted by Gasteiger charge is -2.28. The maximum absolute atomic E-state index is 14.9. The van der Waals surface area contributed by atoms with Gasteiger partial charge in [0.05, 0.1) is 23.5 Å². The highest BCUT2D eigenvalue weighted by Crippen LogP contribution is 2.44. The van der Waals surface area contributed by atoms with Gasteiger partial charge in [-0.2, -0.15) is 0 Å². The third-order valence-electron chi connectivity index (χ3n) is 7.52. The first-order chi connectivity index (χ1) is 20.9. The number of rotatable bonds is 8. The number of aryl methyl sites for hydroxylation is 1. The molecule has 0 radical (unpaired) electrons. The van der Waals surface area contributed by atoms with E-state index in [-0.39, 0.29) is 30.4 Å². The number of nitrogens with one attached hydrogen (secondary N) is 2. The van der Waals surface area contributed by atoms with Crippen LogP contribution in [0, 0.1) is 19.7 Å². The van der Waals surface area contributed by atoms with Crippen molar-refractivity contribution >= 4 is 34.6 Å². The minimum Gasteiger partial charge on any atom is -0.484 e. The second-order valence-electron chi connectivity index (χ2n) is 10.3. The highest BCUT2D eigenvalue weighted by atomic mass is 32.1. The monoisotopic (exact) mass is 591 g/mol. The molecule has 0 bridgehead atoms. The Morgan fingerprint density at radius 2 is 1.70 bits per heavy atom. The molecule has 2 aromatic heterocycles. The van der Waals surface area contributed by atoms with E-state index in [0.717, 1.165) is 28.3 Å². The van der Waals surface area contributed by atoms with Crippen LogP contribution in [-0.4, -0.2) is 27.2 Å². The Hall–Kier alpha value is -5.02. The molecule has 3 heterocycles. The number of carbonyl (C=O) groups is 1. The van der Waals surface area contributed by atoms with Gasteiger partial charge >= 0.3 is 0 Å². The fraction of sp³-hybridized carbons (Fsp3) is 0.147. The Balaban J connectivity index is 1.31. The lowest BCUT2D eigenvalue weighted by Crippen LogP contribution is -2.29. The first-order valence-electron chi connectivity index (χ1n) is 13.9. The van der Waals surface area contributed by atoms with Crippen LogP contribution in [0.2, 0.25) is 0 Å². The van der Waals surface area contributed by atoms with Crippen molar-refractivity contribution in [3.63, 3.8) is 0 Å². The molecule has 7 nitrogen and oxygen atoms in total. The molecule has 1 aliphatic heterocycles. The predicted octanol–water partition coefficient (Wildman–Crippen LogP) is 6.82. The fourth-order valence-electron chi connectivity index (χ4n) is 5.61. The van der Waals surface area contributed by atoms with Gasteiger partial charge in [-0.25, -0.2) is 4.39 Å². The number of amides is 1. The van der Waals surface area contributed by atoms with Crippen LogP contribution in [0.3, 0.4) is 0 Å². The quantitative estimate of drug-likeness (QED) is 0.193. The standard InChI is InChI=1S/C34H30FN5O2S/c1-22-20-27(23(2)39(22)30-14-7-6-12-28(30)35)33-32(29-13-8-9-19-36-29)38-34(43)40(33)25-17-15-24(16-18-25)37-31(41)21-42-26-10-4-3-5-11-26/h3-20,32-33H,21H2,1-2H3,(H,37,41)(H,38,43)/t32-,33-/m0/s1. The number of benzene rings is 3. The maximum atomic E-state index is 14.9. The van der Waals surface area contributed by atoms with Crippen molar-refractivity contribution in [1.82, 2.24) is 14.9 Å². The molecule has 1 saturated heterocycles. The molecule has 216 valence electrons. The highest BCUT2D eigenvalue weighted by molar-refractivity contribution is 7.80. The number of para-hydroxylation sites is 2. The number of hydrogen-bond acceptors (Lipinski definition) is 4. The van der Waals surface area contributed by atoms with Crippen molar-refractivity contribution < 1.29 is 13.9 Å². The second kappa shape index (κ2) is 12.1. The molecule has 0 aliphatic carbocycles. The smallest absolute Gasteiger partial charge is 0.262 e. The number of aromatic nitrogens is 2. The summed E-state index contributed by atoms with van der Waals surface area (Å²) in [6.07, 6.45) is 1.77. The Bertz CT molecular complexity index is 1760. The molecule has 0 spiro atoms. The molecular formula is C34H30FN5O2S. The van der Waals surface area contributed by atoms with Gasteiger partial charge in [0.2, 0.25) is 0 Å². The molecule has 2 N–H and O–H groups in total. The Morgan fingerprint density at radius 1 is 0.977 bits per heavy atom. The van der Waals surface area contributed by atoms with Crippen molar-refractivity contribution in [3.8, 4) is 11.4 Å². The van der Waals surface area contributed by atoms with E-state index in [9.17, 15) is 9.18 Å². The third-order valence-corrected chi connectivity index (χ3v) is 7.84. The number of carbonyl (C=O) groups excluding carboxylic acids is 1. The van der Waals surface area contributed by atoms with Gasteiger partial charge in [0.25, 0.3) is 5.91 Å². The van der Waals surface area contributed by atoms with E-state index < -0.39 is 0 Å². The fourth-order valence-corrected chi connectivity index (χ4v) is 5.95. The van der Waals surface area contributed by atoms with Gasteiger partial charge in [-0.05, 0) is 98.4 Å². The number of pyridine rings is 1. The molecule has 5 aromatic rings. The largest absolute Gasteiger partial charge is 0.484 e. The molecule has 1 aliphatic rings. The molecule has 43 heavy (non-hydrogen) atoms. The first kappa shape index (κ1) is 28.1. The molecule has 9 heteroatoms. The van der Waals surface area contributed by atoms with Crippen LogP contribution in [0.25, 0.3) is 5.69 Å². The van der Waals surface area contributed by atoms with Gasteiger partial charge in [-0.15, -0.1) is 0 Å². The normalized spacial score (nSPS) is 16.2. The van der Waals surface area contributed by atoms with Crippen LogP contribution in [0.5, 0.6) is 5.75 Å². The van der Waals surface area contributed by atoms with Gasteiger partial charge in [0.15, 0.2) is 11.7 Å². The summed E-state index contributed by atoms with van der Waals surface area (Å²) < 4.78 is 22.4. The van der Waals surface area contributed by atoms with Crippen LogP contribution in [-0.2, 0) is 4.79 Å². The predicted molar refractivity (Wildman–Crippen MR) is 170 cm³/mol. The minimum absolute atomic E-state index is 0.0998. The third kappa shape index (κ3) is 5.72. The van der Waals surface area contributed by atoms with Crippen molar-refractivity contribution in [2.75, 3.05) is 16.8 Å². The zero-order chi connectivity index (χ0) is 29.9. The summed E-state index contributed by atoms with van der Waals surface area (Å²) in [7, 11) is 0. The van der Waals surface area contributed by atoms with Gasteiger partial charge in [0, 0.05) is 29.0 Å². The summed E-state index contributed by atoms with van der Waals surface area (Å²) in [4.78, 5) is 19.2. The number of hydrogen-bond donors (Lipinski definition) is 2. The van der Waals surface area contributed by atoms with E-state index in [2.05, 4.69) is 26.6 Å². The Morgan fingerprint density at radius 3 is 2.42 bits per heavy atom. The molecule has 6 rings (SSSR count). The zero-order valence-corrected chi connectivity index (χ0v) is 24.5. The molecule has 0 unspecified atom stereocenters. The van der Waals surface area contributed by atoms with Gasteiger partial charge < -0.3 is 24.8 Å². The summed E-state index contributed by atoms with van der Waals surface area (Å²) in [5.74, 6) is 0.0791. The van der Waals surface area contributed by atoms with E-state index in [4.69, 9.17) is 17.0 Å². The van der Waals surface area contributed by atoms with Crippen LogP contribution in [0.4, 0.5) is 15.8 Å². The number of nitrogens with zero attached hydrogens (tertiary/aromatic N) is 3. The van der Waals surface area contributed by atoms with Gasteiger partial charge in [-0.1, -0.05) is 36.4 Å². The van der Waals surface area contributed by atoms with Crippen molar-refractivity contribution in [1.29, 1.82) is 0 Å². The maximum Gasteiger partial charge on any atom is 0.262 e. The second-order valence-corrected chi connectivity index (χ2v) is 10.7. The molecular weight excluding hydrogens is 561 g/mol. The molecule has 1 fully saturated rings. The Labute approximate surface area is 255 Å². The molecule has 0 saturated carbocycles. The highest BCUT2D eigenvalue weighted by Gasteiger charge is 2.42. The number of thiocarbonyl (C=S) groups is 1. The SMILES string of the molecule is Cc1cc([C@H]2[C@H](c3ccccn3)NC(=S)N2c2ccc(NC(=O)COc3ccccc3)cc2)c(C)n1-c1ccccc1F. The zero-order valence-electron chi connectivity index (χ0n) is 23.7. The average molecular weight is 592 g/mol. The van der Waals surface area contributed by atoms with Crippen molar-refractivity contribution in [2.45, 2.75) is 25.9 Å². The van der Waals surface area contributed by atoms with E-state index in [1.165, 1.54) is 6.07 Å². The number of halogens is 1. The van der Waals surface area contributed by atoms with Crippen LogP contribution >= 0.6 is 12.2 Å². The summed E-state index contributed by atoms with van der Waals surface area (Å²) >= 11 is 5.89.